The van der Waals surface area contributed by atoms with Crippen molar-refractivity contribution in [3.05, 3.63) is 89.1 Å². The molecule has 3 atom stereocenters. The minimum Gasteiger partial charge on any atom is -0.369 e. The minimum absolute atomic E-state index is 0.0307. The molecule has 0 radical (unpaired) electrons. The van der Waals surface area contributed by atoms with Gasteiger partial charge in [-0.2, -0.15) is 14.7 Å². The van der Waals surface area contributed by atoms with E-state index >= 15 is 0 Å². The van der Waals surface area contributed by atoms with E-state index in [1.165, 1.54) is 18.5 Å². The molecular formula is C34H38FN9O2. The average molecular weight is 624 g/mol. The zero-order valence-electron chi connectivity index (χ0n) is 26.3. The standard InChI is InChI=1S/C34H38FN9O2/c1-4-6-7-8-25(35)15-22-10-11-24(18-36-17-22)27-19-40-44-32(27)41-30(29-28(45)13-14-37-33(29)44)23(5-2)16-26-12-9-21(3)43(26)34(46)31-38-20-39-42-31/h4,6-8,10-11,15,18-21,23,26,37H,5,9,12-14,16-17H2,1-3H3,(H,38,39,42)/b6-4-,8-7-,25-15-. The van der Waals surface area contributed by atoms with Crippen LogP contribution in [0.25, 0.3) is 11.2 Å². The lowest BCUT2D eigenvalue weighted by Gasteiger charge is -2.31. The molecule has 11 nitrogen and oxygen atoms in total. The number of nitrogens with zero attached hydrogens (tertiary/aromatic N) is 7. The SMILES string of the molecule is C\C=C/C=C\C(F)=C\C1=CC=C(c2cnn3c4c(c(C(CC)CC5CCC(C)N5C(=O)c5ncn[nH]5)nc23)C(=O)CCN4)C=NC1. The molecule has 3 aromatic heterocycles. The summed E-state index contributed by atoms with van der Waals surface area (Å²) in [6, 6.07) is 0.0184. The molecule has 0 aliphatic carbocycles. The lowest BCUT2D eigenvalue weighted by molar-refractivity contribution is 0.0652. The van der Waals surface area contributed by atoms with Crippen LogP contribution < -0.4 is 5.32 Å². The summed E-state index contributed by atoms with van der Waals surface area (Å²) in [5, 5.41) is 14.6. The van der Waals surface area contributed by atoms with Gasteiger partial charge in [0.15, 0.2) is 11.4 Å². The van der Waals surface area contributed by atoms with Crippen molar-refractivity contribution in [2.75, 3.05) is 18.4 Å². The fraction of sp³-hybridized carbons (Fsp3) is 0.382. The minimum atomic E-state index is -0.357. The summed E-state index contributed by atoms with van der Waals surface area (Å²) in [6.07, 6.45) is 20.2. The summed E-state index contributed by atoms with van der Waals surface area (Å²) in [4.78, 5) is 42.6. The highest BCUT2D eigenvalue weighted by molar-refractivity contribution is 6.13. The Balaban J connectivity index is 1.37. The van der Waals surface area contributed by atoms with Crippen molar-refractivity contribution >= 4 is 34.9 Å². The Labute approximate surface area is 266 Å². The first kappa shape index (κ1) is 31.0. The van der Waals surface area contributed by atoms with Gasteiger partial charge in [0, 0.05) is 48.3 Å². The Morgan fingerprint density at radius 3 is 2.89 bits per heavy atom. The Hall–Kier alpha value is -5.00. The van der Waals surface area contributed by atoms with Gasteiger partial charge in [0.1, 0.15) is 18.0 Å². The predicted octanol–water partition coefficient (Wildman–Crippen LogP) is 5.80. The number of hydrogen-bond donors (Lipinski definition) is 2. The van der Waals surface area contributed by atoms with E-state index in [1.54, 1.807) is 29.1 Å². The fourth-order valence-corrected chi connectivity index (χ4v) is 6.55. The third kappa shape index (κ3) is 6.11. The lowest BCUT2D eigenvalue weighted by atomic mass is 9.87. The maximum absolute atomic E-state index is 14.4. The molecule has 3 aliphatic rings. The van der Waals surface area contributed by atoms with E-state index in [1.807, 2.05) is 30.1 Å². The number of ketones is 1. The predicted molar refractivity (Wildman–Crippen MR) is 176 cm³/mol. The topological polar surface area (TPSA) is 134 Å². The fourth-order valence-electron chi connectivity index (χ4n) is 6.55. The molecule has 2 N–H and O–H groups in total. The van der Waals surface area contributed by atoms with Crippen LogP contribution in [0.15, 0.2) is 71.4 Å². The van der Waals surface area contributed by atoms with Crippen LogP contribution in [0.2, 0.25) is 0 Å². The molecule has 0 saturated carbocycles. The molecule has 1 amide bonds. The number of hydrogen-bond acceptors (Lipinski definition) is 8. The van der Waals surface area contributed by atoms with Gasteiger partial charge in [-0.15, -0.1) is 0 Å². The van der Waals surface area contributed by atoms with Crippen molar-refractivity contribution in [2.45, 2.75) is 70.9 Å². The summed E-state index contributed by atoms with van der Waals surface area (Å²) in [5.41, 5.74) is 4.16. The van der Waals surface area contributed by atoms with Crippen molar-refractivity contribution in [2.24, 2.45) is 4.99 Å². The molecule has 3 aliphatic heterocycles. The van der Waals surface area contributed by atoms with Gasteiger partial charge in [-0.05, 0) is 57.3 Å². The van der Waals surface area contributed by atoms with Crippen LogP contribution >= 0.6 is 0 Å². The van der Waals surface area contributed by atoms with Gasteiger partial charge in [-0.1, -0.05) is 37.3 Å². The molecule has 46 heavy (non-hydrogen) atoms. The quantitative estimate of drug-likeness (QED) is 0.288. The Morgan fingerprint density at radius 1 is 1.24 bits per heavy atom. The maximum atomic E-state index is 14.4. The Bertz CT molecular complexity index is 1810. The van der Waals surface area contributed by atoms with Crippen molar-refractivity contribution < 1.29 is 14.0 Å². The molecule has 1 saturated heterocycles. The van der Waals surface area contributed by atoms with E-state index in [4.69, 9.17) is 4.98 Å². The molecular weight excluding hydrogens is 585 g/mol. The van der Waals surface area contributed by atoms with E-state index in [0.717, 1.165) is 41.7 Å². The third-order valence-corrected chi connectivity index (χ3v) is 8.85. The zero-order chi connectivity index (χ0) is 32.2. The second kappa shape index (κ2) is 13.6. The number of carbonyl (C=O) groups excluding carboxylic acids is 2. The Kier molecular flexibility index (Phi) is 9.13. The van der Waals surface area contributed by atoms with Crippen molar-refractivity contribution in [1.29, 1.82) is 0 Å². The van der Waals surface area contributed by atoms with E-state index in [2.05, 4.69) is 44.4 Å². The number of Topliss-reactive ketones (excluding diaryl/α,β-unsaturated/α-hetero) is 1. The summed E-state index contributed by atoms with van der Waals surface area (Å²) >= 11 is 0. The monoisotopic (exact) mass is 623 g/mol. The number of amides is 1. The molecule has 3 aromatic rings. The molecule has 0 aromatic carbocycles. The van der Waals surface area contributed by atoms with Crippen LogP contribution in [0.4, 0.5) is 10.2 Å². The molecule has 12 heteroatoms. The number of aromatic amines is 1. The van der Waals surface area contributed by atoms with Crippen LogP contribution in [-0.4, -0.2) is 77.8 Å². The van der Waals surface area contributed by atoms with E-state index in [-0.39, 0.29) is 41.3 Å². The van der Waals surface area contributed by atoms with Crippen LogP contribution in [-0.2, 0) is 0 Å². The van der Waals surface area contributed by atoms with Crippen molar-refractivity contribution in [3.8, 4) is 0 Å². The first-order valence-electron chi connectivity index (χ1n) is 15.8. The smallest absolute Gasteiger partial charge is 0.291 e. The number of fused-ring (bicyclic) bond motifs is 3. The highest BCUT2D eigenvalue weighted by Gasteiger charge is 2.39. The number of carbonyl (C=O) groups is 2. The van der Waals surface area contributed by atoms with Gasteiger partial charge in [0.2, 0.25) is 5.82 Å². The second-order valence-corrected chi connectivity index (χ2v) is 11.8. The van der Waals surface area contributed by atoms with Gasteiger partial charge < -0.3 is 10.2 Å². The molecule has 238 valence electrons. The highest BCUT2D eigenvalue weighted by Crippen LogP contribution is 2.38. The van der Waals surface area contributed by atoms with Crippen LogP contribution in [0.3, 0.4) is 0 Å². The molecule has 6 heterocycles. The lowest BCUT2D eigenvalue weighted by Crippen LogP contribution is -2.41. The van der Waals surface area contributed by atoms with Gasteiger partial charge in [0.05, 0.1) is 24.0 Å². The van der Waals surface area contributed by atoms with E-state index in [9.17, 15) is 14.0 Å². The normalized spacial score (nSPS) is 21.1. The van der Waals surface area contributed by atoms with Gasteiger partial charge in [-0.25, -0.2) is 14.4 Å². The van der Waals surface area contributed by atoms with Gasteiger partial charge in [-0.3, -0.25) is 19.7 Å². The number of aromatic nitrogens is 6. The molecule has 0 spiro atoms. The number of nitrogens with one attached hydrogen (secondary N) is 2. The van der Waals surface area contributed by atoms with Crippen molar-refractivity contribution in [1.82, 2.24) is 34.7 Å². The zero-order valence-corrected chi connectivity index (χ0v) is 26.3. The maximum Gasteiger partial charge on any atom is 0.291 e. The van der Waals surface area contributed by atoms with E-state index in [0.29, 0.717) is 43.0 Å². The van der Waals surface area contributed by atoms with Gasteiger partial charge in [0.25, 0.3) is 5.91 Å². The first-order chi connectivity index (χ1) is 22.4. The number of allylic oxidation sites excluding steroid dienone is 8. The summed E-state index contributed by atoms with van der Waals surface area (Å²) < 4.78 is 16.1. The third-order valence-electron chi connectivity index (χ3n) is 8.85. The Morgan fingerprint density at radius 2 is 2.11 bits per heavy atom. The first-order valence-corrected chi connectivity index (χ1v) is 15.8. The van der Waals surface area contributed by atoms with Gasteiger partial charge >= 0.3 is 0 Å². The summed E-state index contributed by atoms with van der Waals surface area (Å²) in [6.45, 7) is 6.86. The molecule has 3 unspecified atom stereocenters. The number of H-pyrrole nitrogens is 1. The molecule has 0 bridgehead atoms. The van der Waals surface area contributed by atoms with E-state index < -0.39 is 0 Å². The summed E-state index contributed by atoms with van der Waals surface area (Å²) in [7, 11) is 0. The molecule has 6 rings (SSSR count). The average Bonchev–Trinajstić information content (AvgIpc) is 3.78. The largest absolute Gasteiger partial charge is 0.369 e. The van der Waals surface area contributed by atoms with Crippen LogP contribution in [0.5, 0.6) is 0 Å². The number of aliphatic imine (C=N–C) groups is 1. The number of likely N-dealkylation sites (tertiary alicyclic amines) is 1. The number of rotatable bonds is 9. The second-order valence-electron chi connectivity index (χ2n) is 11.8. The number of halogens is 1. The summed E-state index contributed by atoms with van der Waals surface area (Å²) in [5.74, 6) is 0.283. The van der Waals surface area contributed by atoms with Crippen molar-refractivity contribution in [3.63, 3.8) is 0 Å². The van der Waals surface area contributed by atoms with Crippen LogP contribution in [0.1, 0.15) is 91.0 Å². The number of anilines is 1. The molecule has 1 fully saturated rings. The van der Waals surface area contributed by atoms with Crippen LogP contribution in [0, 0.1) is 0 Å². The highest BCUT2D eigenvalue weighted by atomic mass is 19.1.